The Morgan fingerprint density at radius 2 is 1.94 bits per heavy atom. The highest BCUT2D eigenvalue weighted by Crippen LogP contribution is 2.44. The summed E-state index contributed by atoms with van der Waals surface area (Å²) in [6.45, 7) is 9.75. The van der Waals surface area contributed by atoms with Crippen molar-refractivity contribution >= 4 is 34.0 Å². The summed E-state index contributed by atoms with van der Waals surface area (Å²) in [5, 5.41) is 4.38. The van der Waals surface area contributed by atoms with Crippen LogP contribution in [0.25, 0.3) is 10.9 Å². The molecule has 0 aliphatic carbocycles. The fourth-order valence-electron chi connectivity index (χ4n) is 4.09. The standard InChI is InChI=1S/C24H29ClN6O4/c1-15(2)35-19-11-16(32-9-8-31-6-4-30(3)5-7-31)10-18-20(19)23(28-13-27-18)29-21-17(25)12-26-24-22(21)33-14-34-24/h10-13,15H,4-9,14H2,1-3H3,(H,26,27,28,29). The Labute approximate surface area is 209 Å². The summed E-state index contributed by atoms with van der Waals surface area (Å²) < 4.78 is 23.2. The number of benzene rings is 1. The van der Waals surface area contributed by atoms with Gasteiger partial charge in [0, 0.05) is 44.9 Å². The second kappa shape index (κ2) is 10.3. The monoisotopic (exact) mass is 500 g/mol. The third-order valence-corrected chi connectivity index (χ3v) is 6.19. The van der Waals surface area contributed by atoms with E-state index >= 15 is 0 Å². The maximum Gasteiger partial charge on any atom is 0.262 e. The number of hydrogen-bond donors (Lipinski definition) is 1. The molecular formula is C24H29ClN6O4. The van der Waals surface area contributed by atoms with E-state index in [1.165, 1.54) is 12.5 Å². The summed E-state index contributed by atoms with van der Waals surface area (Å²) in [7, 11) is 2.15. The lowest BCUT2D eigenvalue weighted by Crippen LogP contribution is -2.45. The summed E-state index contributed by atoms with van der Waals surface area (Å²) in [5.74, 6) is 2.67. The number of nitrogens with one attached hydrogen (secondary N) is 1. The summed E-state index contributed by atoms with van der Waals surface area (Å²) in [6, 6.07) is 3.79. The minimum atomic E-state index is -0.0580. The molecule has 1 saturated heterocycles. The van der Waals surface area contributed by atoms with Crippen molar-refractivity contribution in [2.45, 2.75) is 20.0 Å². The molecule has 0 spiro atoms. The van der Waals surface area contributed by atoms with Gasteiger partial charge < -0.3 is 29.2 Å². The molecular weight excluding hydrogens is 472 g/mol. The first-order valence-electron chi connectivity index (χ1n) is 11.7. The first kappa shape index (κ1) is 23.7. The van der Waals surface area contributed by atoms with Crippen LogP contribution in [0.3, 0.4) is 0 Å². The molecule has 0 saturated carbocycles. The number of nitrogens with zero attached hydrogens (tertiary/aromatic N) is 5. The average Bonchev–Trinajstić information content (AvgIpc) is 3.31. The fraction of sp³-hybridized carbons (Fsp3) is 0.458. The van der Waals surface area contributed by atoms with E-state index in [0.29, 0.717) is 57.2 Å². The highest BCUT2D eigenvalue weighted by atomic mass is 35.5. The number of fused-ring (bicyclic) bond motifs is 2. The minimum Gasteiger partial charge on any atom is -0.492 e. The lowest BCUT2D eigenvalue weighted by Gasteiger charge is -2.32. The van der Waals surface area contributed by atoms with Gasteiger partial charge in [0.05, 0.1) is 28.2 Å². The molecule has 0 atom stereocenters. The maximum absolute atomic E-state index is 6.43. The van der Waals surface area contributed by atoms with Crippen molar-refractivity contribution in [2.24, 2.45) is 0 Å². The number of ether oxygens (including phenoxy) is 4. The van der Waals surface area contributed by atoms with Crippen LogP contribution in [0.4, 0.5) is 11.5 Å². The first-order chi connectivity index (χ1) is 17.0. The Balaban J connectivity index is 1.42. The van der Waals surface area contributed by atoms with Gasteiger partial charge in [-0.25, -0.2) is 15.0 Å². The van der Waals surface area contributed by atoms with Crippen molar-refractivity contribution in [3.63, 3.8) is 0 Å². The van der Waals surface area contributed by atoms with Crippen molar-refractivity contribution in [1.82, 2.24) is 24.8 Å². The number of aromatic nitrogens is 3. The van der Waals surface area contributed by atoms with Gasteiger partial charge in [-0.2, -0.15) is 0 Å². The first-order valence-corrected chi connectivity index (χ1v) is 12.1. The fourth-order valence-corrected chi connectivity index (χ4v) is 4.27. The van der Waals surface area contributed by atoms with Gasteiger partial charge in [-0.3, -0.25) is 4.90 Å². The van der Waals surface area contributed by atoms with Crippen molar-refractivity contribution in [1.29, 1.82) is 0 Å². The highest BCUT2D eigenvalue weighted by Gasteiger charge is 2.24. The number of anilines is 2. The van der Waals surface area contributed by atoms with Crippen molar-refractivity contribution in [2.75, 3.05) is 58.5 Å². The van der Waals surface area contributed by atoms with Gasteiger partial charge in [0.2, 0.25) is 12.5 Å². The molecule has 11 heteroatoms. The van der Waals surface area contributed by atoms with E-state index in [2.05, 4.69) is 37.1 Å². The molecule has 10 nitrogen and oxygen atoms in total. The molecule has 1 N–H and O–H groups in total. The number of rotatable bonds is 8. The third kappa shape index (κ3) is 5.29. The number of likely N-dealkylation sites (N-methyl/N-ethyl adjacent to an activating group) is 1. The van der Waals surface area contributed by atoms with Gasteiger partial charge in [-0.05, 0) is 20.9 Å². The van der Waals surface area contributed by atoms with Gasteiger partial charge >= 0.3 is 0 Å². The number of hydrogen-bond acceptors (Lipinski definition) is 10. The van der Waals surface area contributed by atoms with Gasteiger partial charge in [0.25, 0.3) is 5.88 Å². The molecule has 0 bridgehead atoms. The van der Waals surface area contributed by atoms with Crippen molar-refractivity contribution in [3.05, 3.63) is 29.7 Å². The van der Waals surface area contributed by atoms with Crippen LogP contribution in [0.15, 0.2) is 24.7 Å². The van der Waals surface area contributed by atoms with Crippen LogP contribution in [-0.4, -0.2) is 84.0 Å². The molecule has 1 fully saturated rings. The highest BCUT2D eigenvalue weighted by molar-refractivity contribution is 6.33. The van der Waals surface area contributed by atoms with Crippen LogP contribution in [0.2, 0.25) is 5.02 Å². The Kier molecular flexibility index (Phi) is 6.94. The third-order valence-electron chi connectivity index (χ3n) is 5.91. The predicted molar refractivity (Wildman–Crippen MR) is 133 cm³/mol. The molecule has 2 aromatic heterocycles. The van der Waals surface area contributed by atoms with E-state index in [1.54, 1.807) is 0 Å². The van der Waals surface area contributed by atoms with Crippen LogP contribution >= 0.6 is 11.6 Å². The van der Waals surface area contributed by atoms with Gasteiger partial charge in [0.1, 0.15) is 35.9 Å². The topological polar surface area (TPSA) is 94.1 Å². The average molecular weight is 501 g/mol. The second-order valence-corrected chi connectivity index (χ2v) is 9.25. The van der Waals surface area contributed by atoms with E-state index in [-0.39, 0.29) is 12.9 Å². The molecule has 5 rings (SSSR count). The van der Waals surface area contributed by atoms with E-state index in [4.69, 9.17) is 30.5 Å². The zero-order valence-electron chi connectivity index (χ0n) is 20.1. The van der Waals surface area contributed by atoms with E-state index in [9.17, 15) is 0 Å². The molecule has 186 valence electrons. The minimum absolute atomic E-state index is 0.0580. The normalized spacial score (nSPS) is 16.1. The molecule has 2 aliphatic heterocycles. The van der Waals surface area contributed by atoms with Crippen molar-refractivity contribution in [3.8, 4) is 23.1 Å². The van der Waals surface area contributed by atoms with E-state index < -0.39 is 0 Å². The zero-order chi connectivity index (χ0) is 24.4. The smallest absolute Gasteiger partial charge is 0.262 e. The zero-order valence-corrected chi connectivity index (χ0v) is 20.8. The summed E-state index contributed by atoms with van der Waals surface area (Å²) in [4.78, 5) is 17.9. The van der Waals surface area contributed by atoms with Gasteiger partial charge in [-0.15, -0.1) is 0 Å². The van der Waals surface area contributed by atoms with E-state index in [1.807, 2.05) is 26.0 Å². The van der Waals surface area contributed by atoms with Crippen LogP contribution in [0, 0.1) is 0 Å². The lowest BCUT2D eigenvalue weighted by atomic mass is 10.2. The molecule has 2 aliphatic rings. The number of piperazine rings is 1. The van der Waals surface area contributed by atoms with Crippen molar-refractivity contribution < 1.29 is 18.9 Å². The van der Waals surface area contributed by atoms with Gasteiger partial charge in [0.15, 0.2) is 0 Å². The molecule has 4 heterocycles. The molecule has 35 heavy (non-hydrogen) atoms. The molecule has 3 aromatic rings. The Hall–Kier alpha value is -3.08. The molecule has 0 radical (unpaired) electrons. The van der Waals surface area contributed by atoms with Crippen LogP contribution in [0.1, 0.15) is 13.8 Å². The van der Waals surface area contributed by atoms with Crippen LogP contribution in [-0.2, 0) is 0 Å². The maximum atomic E-state index is 6.43. The molecule has 1 aromatic carbocycles. The molecule has 0 amide bonds. The second-order valence-electron chi connectivity index (χ2n) is 8.84. The Bertz CT molecular complexity index is 1200. The number of pyridine rings is 1. The van der Waals surface area contributed by atoms with Crippen LogP contribution < -0.4 is 24.3 Å². The quantitative estimate of drug-likeness (QED) is 0.494. The summed E-state index contributed by atoms with van der Waals surface area (Å²) in [5.41, 5.74) is 1.21. The Morgan fingerprint density at radius 3 is 2.74 bits per heavy atom. The van der Waals surface area contributed by atoms with Crippen LogP contribution in [0.5, 0.6) is 23.1 Å². The largest absolute Gasteiger partial charge is 0.492 e. The number of halogens is 1. The summed E-state index contributed by atoms with van der Waals surface area (Å²) >= 11 is 6.43. The van der Waals surface area contributed by atoms with E-state index in [0.717, 1.165) is 32.7 Å². The predicted octanol–water partition coefficient (Wildman–Crippen LogP) is 3.56. The summed E-state index contributed by atoms with van der Waals surface area (Å²) in [6.07, 6.45) is 2.95. The lowest BCUT2D eigenvalue weighted by molar-refractivity contribution is 0.133. The SMILES string of the molecule is CC(C)Oc1cc(OCCN2CCN(C)CC2)cc2ncnc(Nc3c(Cl)cnc4c3OCO4)c12. The molecule has 0 unspecified atom stereocenters. The Morgan fingerprint density at radius 1 is 1.11 bits per heavy atom. The van der Waals surface area contributed by atoms with Gasteiger partial charge in [-0.1, -0.05) is 11.6 Å².